The van der Waals surface area contributed by atoms with E-state index in [9.17, 15) is 19.0 Å². The molecule has 10 heteroatoms. The lowest BCUT2D eigenvalue weighted by Crippen LogP contribution is -2.29. The highest BCUT2D eigenvalue weighted by molar-refractivity contribution is 7.47. The number of unbranched alkanes of at least 4 members (excludes halogenated alkanes) is 27. The number of rotatable bonds is 62. The van der Waals surface area contributed by atoms with E-state index in [0.717, 1.165) is 116 Å². The van der Waals surface area contributed by atoms with E-state index in [1.165, 1.54) is 135 Å². The van der Waals surface area contributed by atoms with Gasteiger partial charge in [-0.05, 0) is 109 Å². The maximum absolute atomic E-state index is 12.8. The van der Waals surface area contributed by atoms with Crippen molar-refractivity contribution < 1.29 is 37.6 Å². The van der Waals surface area contributed by atoms with Crippen LogP contribution in [0.2, 0.25) is 0 Å². The first-order valence-corrected chi connectivity index (χ1v) is 35.2. The fourth-order valence-electron chi connectivity index (χ4n) is 9.14. The maximum Gasteiger partial charge on any atom is 0.472 e. The molecule has 0 saturated carbocycles. The predicted octanol–water partition coefficient (Wildman–Crippen LogP) is 22.1. The third-order valence-corrected chi connectivity index (χ3v) is 15.0. The summed E-state index contributed by atoms with van der Waals surface area (Å²) in [4.78, 5) is 35.3. The molecule has 0 radical (unpaired) electrons. The Morgan fingerprint density at radius 3 is 0.928 bits per heavy atom. The van der Waals surface area contributed by atoms with E-state index in [0.29, 0.717) is 6.42 Å². The number of carbonyl (C=O) groups excluding carboxylic acids is 2. The van der Waals surface area contributed by atoms with Crippen LogP contribution in [0, 0.1) is 0 Å². The molecule has 0 aromatic carbocycles. The van der Waals surface area contributed by atoms with Crippen molar-refractivity contribution in [2.45, 2.75) is 290 Å². The molecule has 0 spiro atoms. The lowest BCUT2D eigenvalue weighted by atomic mass is 10.0. The summed E-state index contributed by atoms with van der Waals surface area (Å²) in [5.74, 6) is -0.830. The summed E-state index contributed by atoms with van der Waals surface area (Å²) < 4.78 is 33.2. The van der Waals surface area contributed by atoms with Crippen molar-refractivity contribution in [1.29, 1.82) is 0 Å². The smallest absolute Gasteiger partial charge is 0.462 e. The Morgan fingerprint density at radius 1 is 0.361 bits per heavy atom. The van der Waals surface area contributed by atoms with E-state index in [1.54, 1.807) is 0 Å². The molecule has 0 rings (SSSR count). The summed E-state index contributed by atoms with van der Waals surface area (Å²) in [6.45, 7) is 3.53. The quantitative estimate of drug-likeness (QED) is 0.0264. The van der Waals surface area contributed by atoms with Crippen LogP contribution in [-0.2, 0) is 32.7 Å². The lowest BCUT2D eigenvalue weighted by Gasteiger charge is -2.19. The van der Waals surface area contributed by atoms with Crippen LogP contribution in [0.4, 0.5) is 0 Å². The summed E-state index contributed by atoms with van der Waals surface area (Å²) in [6, 6.07) is 0. The Hall–Kier alpha value is -3.85. The summed E-state index contributed by atoms with van der Waals surface area (Å²) in [5.41, 5.74) is 5.40. The van der Waals surface area contributed by atoms with Crippen LogP contribution >= 0.6 is 7.82 Å². The Kier molecular flexibility index (Phi) is 64.2. The summed E-state index contributed by atoms with van der Waals surface area (Å²) in [7, 11) is -4.40. The minimum atomic E-state index is -4.40. The van der Waals surface area contributed by atoms with Crippen molar-refractivity contribution in [3.63, 3.8) is 0 Å². The molecule has 474 valence electrons. The molecule has 0 aliphatic rings. The lowest BCUT2D eigenvalue weighted by molar-refractivity contribution is -0.161. The van der Waals surface area contributed by atoms with Gasteiger partial charge in [-0.15, -0.1) is 0 Å². The molecule has 3 N–H and O–H groups in total. The minimum absolute atomic E-state index is 0.0480. The van der Waals surface area contributed by atoms with Crippen LogP contribution in [0.15, 0.2) is 134 Å². The number of nitrogens with two attached hydrogens (primary N) is 1. The third kappa shape index (κ3) is 67.2. The first-order valence-electron chi connectivity index (χ1n) is 33.7. The molecule has 0 aliphatic carbocycles. The van der Waals surface area contributed by atoms with Gasteiger partial charge in [-0.1, -0.05) is 295 Å². The number of hydrogen-bond donors (Lipinski definition) is 2. The standard InChI is InChI=1S/C73H124NO8P/c1-3-5-7-9-11-13-15-17-19-21-23-25-27-29-31-33-34-35-36-38-40-42-44-46-48-50-52-54-56-58-60-62-64-66-73(76)82-71(70-81-83(77,78)80-68-67-74)69-79-72(75)65-63-61-59-57-55-53-51-49-47-45-43-41-39-37-32-30-28-26-24-22-20-18-16-14-12-10-8-6-4-2/h5-8,11-14,17-20,23-26,29,31,34-35,38,40,71H,3-4,9-10,15-16,21-22,27-28,30,32-33,36-37,39,41-70,74H2,1-2H3,(H,77,78)/b7-5-,8-6-,13-11-,14-12-,19-17-,20-18-,25-23-,26-24-,31-29-,35-34-,40-38-. The Morgan fingerprint density at radius 2 is 0.627 bits per heavy atom. The molecule has 0 aromatic rings. The van der Waals surface area contributed by atoms with Gasteiger partial charge in [0.15, 0.2) is 6.10 Å². The fourth-order valence-corrected chi connectivity index (χ4v) is 9.90. The molecule has 0 amide bonds. The number of hydrogen-bond acceptors (Lipinski definition) is 8. The fraction of sp³-hybridized carbons (Fsp3) is 0.671. The largest absolute Gasteiger partial charge is 0.472 e. The molecule has 0 aromatic heterocycles. The van der Waals surface area contributed by atoms with Gasteiger partial charge in [0.1, 0.15) is 6.61 Å². The van der Waals surface area contributed by atoms with E-state index < -0.39 is 26.5 Å². The zero-order chi connectivity index (χ0) is 60.1. The Bertz CT molecular complexity index is 1820. The molecule has 0 saturated heterocycles. The Balaban J connectivity index is 3.93. The van der Waals surface area contributed by atoms with Gasteiger partial charge in [0.2, 0.25) is 0 Å². The molecular formula is C73H124NO8P. The zero-order valence-corrected chi connectivity index (χ0v) is 54.0. The van der Waals surface area contributed by atoms with E-state index in [1.807, 2.05) is 0 Å². The number of esters is 2. The molecule has 9 nitrogen and oxygen atoms in total. The molecule has 0 bridgehead atoms. The van der Waals surface area contributed by atoms with Crippen molar-refractivity contribution in [2.75, 3.05) is 26.4 Å². The summed E-state index contributed by atoms with van der Waals surface area (Å²) in [5, 5.41) is 0. The maximum atomic E-state index is 12.8. The average molecular weight is 1170 g/mol. The van der Waals surface area contributed by atoms with E-state index in [-0.39, 0.29) is 38.6 Å². The first-order chi connectivity index (χ1) is 40.8. The monoisotopic (exact) mass is 1170 g/mol. The molecule has 0 fully saturated rings. The number of phosphoric acid groups is 1. The topological polar surface area (TPSA) is 134 Å². The third-order valence-electron chi connectivity index (χ3n) is 14.0. The zero-order valence-electron chi connectivity index (χ0n) is 53.1. The molecular weight excluding hydrogens is 1050 g/mol. The second-order valence-corrected chi connectivity index (χ2v) is 23.4. The van der Waals surface area contributed by atoms with Crippen molar-refractivity contribution in [2.24, 2.45) is 5.73 Å². The number of carbonyl (C=O) groups is 2. The van der Waals surface area contributed by atoms with Crippen molar-refractivity contribution in [1.82, 2.24) is 0 Å². The van der Waals surface area contributed by atoms with Gasteiger partial charge in [0.25, 0.3) is 0 Å². The van der Waals surface area contributed by atoms with Gasteiger partial charge in [0, 0.05) is 19.4 Å². The predicted molar refractivity (Wildman–Crippen MR) is 357 cm³/mol. The van der Waals surface area contributed by atoms with Crippen molar-refractivity contribution >= 4 is 19.8 Å². The molecule has 2 unspecified atom stereocenters. The van der Waals surface area contributed by atoms with Crippen molar-refractivity contribution in [3.8, 4) is 0 Å². The minimum Gasteiger partial charge on any atom is -0.462 e. The second kappa shape index (κ2) is 67.3. The van der Waals surface area contributed by atoms with Crippen LogP contribution in [0.5, 0.6) is 0 Å². The van der Waals surface area contributed by atoms with Crippen molar-refractivity contribution in [3.05, 3.63) is 134 Å². The van der Waals surface area contributed by atoms with Gasteiger partial charge < -0.3 is 20.1 Å². The van der Waals surface area contributed by atoms with E-state index in [4.69, 9.17) is 24.3 Å². The van der Waals surface area contributed by atoms with Crippen LogP contribution < -0.4 is 5.73 Å². The van der Waals surface area contributed by atoms with Crippen LogP contribution in [-0.4, -0.2) is 49.3 Å². The van der Waals surface area contributed by atoms with Gasteiger partial charge >= 0.3 is 19.8 Å². The molecule has 2 atom stereocenters. The van der Waals surface area contributed by atoms with E-state index in [2.05, 4.69) is 148 Å². The average Bonchev–Trinajstić information content (AvgIpc) is 3.49. The van der Waals surface area contributed by atoms with Gasteiger partial charge in [-0.25, -0.2) is 4.57 Å². The highest BCUT2D eigenvalue weighted by Crippen LogP contribution is 2.43. The normalized spacial score (nSPS) is 13.8. The highest BCUT2D eigenvalue weighted by atomic mass is 31.2. The Labute approximate surface area is 510 Å². The molecule has 83 heavy (non-hydrogen) atoms. The number of ether oxygens (including phenoxy) is 2. The highest BCUT2D eigenvalue weighted by Gasteiger charge is 2.26. The van der Waals surface area contributed by atoms with Crippen LogP contribution in [0.3, 0.4) is 0 Å². The second-order valence-electron chi connectivity index (χ2n) is 21.9. The summed E-state index contributed by atoms with van der Waals surface area (Å²) in [6.07, 6.45) is 95.3. The van der Waals surface area contributed by atoms with Crippen LogP contribution in [0.1, 0.15) is 284 Å². The van der Waals surface area contributed by atoms with Crippen LogP contribution in [0.25, 0.3) is 0 Å². The molecule has 0 heterocycles. The SMILES string of the molecule is CC/C=C\C/C=C\C/C=C\C/C=C\C/C=C\C/C=C\C/C=C\CCCCCCCCCCCCCC(=O)OC(COC(=O)CCCCCCCCCCCCCCCCCC/C=C\C/C=C\C/C=C\C/C=C\CC)COP(=O)(O)OCCN. The van der Waals surface area contributed by atoms with Gasteiger partial charge in [-0.3, -0.25) is 18.6 Å². The summed E-state index contributed by atoms with van der Waals surface area (Å²) >= 11 is 0. The first kappa shape index (κ1) is 79.2. The van der Waals surface area contributed by atoms with E-state index >= 15 is 0 Å². The number of allylic oxidation sites excluding steroid dienone is 22. The van der Waals surface area contributed by atoms with Gasteiger partial charge in [0.05, 0.1) is 13.2 Å². The number of phosphoric ester groups is 1. The van der Waals surface area contributed by atoms with Gasteiger partial charge in [-0.2, -0.15) is 0 Å². The molecule has 0 aliphatic heterocycles.